The van der Waals surface area contributed by atoms with Crippen molar-refractivity contribution in [2.24, 2.45) is 0 Å². The van der Waals surface area contributed by atoms with Gasteiger partial charge < -0.3 is 14.7 Å². The number of nitrogens with zero attached hydrogens (tertiary/aromatic N) is 6. The number of aromatic nitrogens is 3. The van der Waals surface area contributed by atoms with Gasteiger partial charge in [0, 0.05) is 32.7 Å². The van der Waals surface area contributed by atoms with Crippen molar-refractivity contribution in [3.8, 4) is 0 Å². The Morgan fingerprint density at radius 1 is 0.810 bits per heavy atom. The molecule has 0 aliphatic carbocycles. The molecule has 120 valence electrons. The monoisotopic (exact) mass is 314 g/mol. The number of hydrogen-bond acceptors (Lipinski definition) is 6. The predicted molar refractivity (Wildman–Crippen MR) is 89.5 cm³/mol. The van der Waals surface area contributed by atoms with Gasteiger partial charge in [-0.15, -0.1) is 0 Å². The van der Waals surface area contributed by atoms with E-state index in [1.807, 2.05) is 0 Å². The zero-order valence-corrected chi connectivity index (χ0v) is 14.6. The second-order valence-corrected chi connectivity index (χ2v) is 5.51. The first kappa shape index (κ1) is 17.9. The molecule has 1 aromatic rings. The zero-order chi connectivity index (χ0) is 15.8. The van der Waals surface area contributed by atoms with Crippen LogP contribution in [-0.4, -0.2) is 66.7 Å². The summed E-state index contributed by atoms with van der Waals surface area (Å²) in [6, 6.07) is 0. The van der Waals surface area contributed by atoms with Gasteiger partial charge in [0.25, 0.3) is 0 Å². The van der Waals surface area contributed by atoms with E-state index in [-0.39, 0.29) is 5.28 Å². The van der Waals surface area contributed by atoms with Crippen molar-refractivity contribution in [3.05, 3.63) is 5.28 Å². The number of rotatable bonds is 9. The van der Waals surface area contributed by atoms with E-state index in [0.717, 1.165) is 39.1 Å². The van der Waals surface area contributed by atoms with Crippen LogP contribution in [0.25, 0.3) is 0 Å². The maximum atomic E-state index is 6.09. The Bertz CT molecular complexity index is 422. The second kappa shape index (κ2) is 9.00. The van der Waals surface area contributed by atoms with Gasteiger partial charge in [-0.3, -0.25) is 0 Å². The Labute approximate surface area is 133 Å². The van der Waals surface area contributed by atoms with Crippen LogP contribution >= 0.6 is 11.6 Å². The summed E-state index contributed by atoms with van der Waals surface area (Å²) in [7, 11) is 4.12. The fourth-order valence-electron chi connectivity index (χ4n) is 2.02. The molecule has 0 saturated heterocycles. The number of anilines is 2. The molecule has 6 nitrogen and oxygen atoms in total. The molecule has 1 rings (SSSR count). The van der Waals surface area contributed by atoms with Gasteiger partial charge in [-0.25, -0.2) is 0 Å². The van der Waals surface area contributed by atoms with Crippen molar-refractivity contribution in [2.75, 3.05) is 56.6 Å². The van der Waals surface area contributed by atoms with Crippen LogP contribution in [0.1, 0.15) is 27.2 Å². The molecule has 0 radical (unpaired) electrons. The standard InChI is InChI=1S/C14H27ClN6/c1-6-9-21(11-10-19(4)5)14-17-12(15)16-13(18-14)20(7-2)8-3/h6-11H2,1-5H3. The highest BCUT2D eigenvalue weighted by Crippen LogP contribution is 2.17. The van der Waals surface area contributed by atoms with E-state index in [1.54, 1.807) is 0 Å². The molecule has 0 fully saturated rings. The van der Waals surface area contributed by atoms with Gasteiger partial charge in [0.05, 0.1) is 0 Å². The molecule has 0 unspecified atom stereocenters. The minimum Gasteiger partial charge on any atom is -0.341 e. The Morgan fingerprint density at radius 3 is 1.86 bits per heavy atom. The van der Waals surface area contributed by atoms with Crippen LogP contribution in [0.4, 0.5) is 11.9 Å². The molecule has 1 heterocycles. The first-order chi connectivity index (χ1) is 10.0. The van der Waals surface area contributed by atoms with Gasteiger partial charge in [0.15, 0.2) is 0 Å². The van der Waals surface area contributed by atoms with Crippen molar-refractivity contribution in [2.45, 2.75) is 27.2 Å². The summed E-state index contributed by atoms with van der Waals surface area (Å²) in [5.41, 5.74) is 0. The van der Waals surface area contributed by atoms with Gasteiger partial charge in [-0.1, -0.05) is 6.92 Å². The molecule has 0 aliphatic heterocycles. The van der Waals surface area contributed by atoms with E-state index in [4.69, 9.17) is 11.6 Å². The SMILES string of the molecule is CCCN(CCN(C)C)c1nc(Cl)nc(N(CC)CC)n1. The van der Waals surface area contributed by atoms with E-state index in [9.17, 15) is 0 Å². The first-order valence-electron chi connectivity index (χ1n) is 7.57. The van der Waals surface area contributed by atoms with Crippen LogP contribution in [0.5, 0.6) is 0 Å². The van der Waals surface area contributed by atoms with Crippen LogP contribution in [0.3, 0.4) is 0 Å². The number of hydrogen-bond donors (Lipinski definition) is 0. The lowest BCUT2D eigenvalue weighted by Crippen LogP contribution is -2.34. The van der Waals surface area contributed by atoms with Gasteiger partial charge in [0.2, 0.25) is 17.2 Å². The molecular formula is C14H27ClN6. The lowest BCUT2D eigenvalue weighted by Gasteiger charge is -2.25. The maximum Gasteiger partial charge on any atom is 0.231 e. The van der Waals surface area contributed by atoms with Gasteiger partial charge >= 0.3 is 0 Å². The molecule has 0 spiro atoms. The highest BCUT2D eigenvalue weighted by molar-refractivity contribution is 6.28. The topological polar surface area (TPSA) is 48.4 Å². The van der Waals surface area contributed by atoms with Crippen molar-refractivity contribution in [1.29, 1.82) is 0 Å². The highest BCUT2D eigenvalue weighted by atomic mass is 35.5. The third-order valence-corrected chi connectivity index (χ3v) is 3.39. The molecule has 0 bridgehead atoms. The summed E-state index contributed by atoms with van der Waals surface area (Å²) >= 11 is 6.09. The average molecular weight is 315 g/mol. The predicted octanol–water partition coefficient (Wildman–Crippen LogP) is 2.15. The van der Waals surface area contributed by atoms with Crippen molar-refractivity contribution in [1.82, 2.24) is 19.9 Å². The largest absolute Gasteiger partial charge is 0.341 e. The molecular weight excluding hydrogens is 288 g/mol. The summed E-state index contributed by atoms with van der Waals surface area (Å²) in [4.78, 5) is 19.5. The smallest absolute Gasteiger partial charge is 0.231 e. The Hall–Kier alpha value is -1.14. The quantitative estimate of drug-likeness (QED) is 0.696. The molecule has 0 aromatic carbocycles. The lowest BCUT2D eigenvalue weighted by molar-refractivity contribution is 0.411. The number of halogens is 1. The van der Waals surface area contributed by atoms with Crippen LogP contribution in [0, 0.1) is 0 Å². The number of likely N-dealkylation sites (N-methyl/N-ethyl adjacent to an activating group) is 1. The third kappa shape index (κ3) is 5.63. The van der Waals surface area contributed by atoms with Gasteiger partial charge in [-0.05, 0) is 46.0 Å². The minimum absolute atomic E-state index is 0.257. The normalized spacial score (nSPS) is 11.0. The highest BCUT2D eigenvalue weighted by Gasteiger charge is 2.15. The van der Waals surface area contributed by atoms with Crippen LogP contribution in [-0.2, 0) is 0 Å². The summed E-state index contributed by atoms with van der Waals surface area (Å²) < 4.78 is 0. The molecule has 0 aliphatic rings. The van der Waals surface area contributed by atoms with Gasteiger partial charge in [-0.2, -0.15) is 15.0 Å². The van der Waals surface area contributed by atoms with Crippen LogP contribution in [0.2, 0.25) is 5.28 Å². The van der Waals surface area contributed by atoms with Crippen LogP contribution in [0.15, 0.2) is 0 Å². The second-order valence-electron chi connectivity index (χ2n) is 5.17. The van der Waals surface area contributed by atoms with Crippen LogP contribution < -0.4 is 9.80 Å². The van der Waals surface area contributed by atoms with Crippen molar-refractivity contribution < 1.29 is 0 Å². The molecule has 0 atom stereocenters. The Balaban J connectivity index is 3.01. The lowest BCUT2D eigenvalue weighted by atomic mass is 10.4. The fourth-order valence-corrected chi connectivity index (χ4v) is 2.17. The summed E-state index contributed by atoms with van der Waals surface area (Å²) in [5, 5.41) is 0.257. The van der Waals surface area contributed by atoms with Gasteiger partial charge in [0.1, 0.15) is 0 Å². The first-order valence-corrected chi connectivity index (χ1v) is 7.95. The summed E-state index contributed by atoms with van der Waals surface area (Å²) in [6.45, 7) is 10.7. The summed E-state index contributed by atoms with van der Waals surface area (Å²) in [5.74, 6) is 1.32. The van der Waals surface area contributed by atoms with E-state index in [0.29, 0.717) is 11.9 Å². The minimum atomic E-state index is 0.257. The third-order valence-electron chi connectivity index (χ3n) is 3.22. The Kier molecular flexibility index (Phi) is 7.67. The maximum absolute atomic E-state index is 6.09. The van der Waals surface area contributed by atoms with Crippen molar-refractivity contribution >= 4 is 23.5 Å². The molecule has 21 heavy (non-hydrogen) atoms. The van der Waals surface area contributed by atoms with Crippen molar-refractivity contribution in [3.63, 3.8) is 0 Å². The van der Waals surface area contributed by atoms with E-state index in [2.05, 4.69) is 64.5 Å². The van der Waals surface area contributed by atoms with E-state index < -0.39 is 0 Å². The Morgan fingerprint density at radius 2 is 1.38 bits per heavy atom. The molecule has 0 saturated carbocycles. The molecule has 0 amide bonds. The zero-order valence-electron chi connectivity index (χ0n) is 13.8. The molecule has 0 N–H and O–H groups in total. The van der Waals surface area contributed by atoms with E-state index >= 15 is 0 Å². The fraction of sp³-hybridized carbons (Fsp3) is 0.786. The molecule has 7 heteroatoms. The molecule has 1 aromatic heterocycles. The summed E-state index contributed by atoms with van der Waals surface area (Å²) in [6.07, 6.45) is 1.04. The van der Waals surface area contributed by atoms with E-state index in [1.165, 1.54) is 0 Å². The average Bonchev–Trinajstić information content (AvgIpc) is 2.44.